The largest absolute Gasteiger partial charge is 0.397 e. The molecule has 0 aliphatic rings. The van der Waals surface area contributed by atoms with E-state index in [4.69, 9.17) is 10.7 Å². The molecule has 5 aromatic rings. The van der Waals surface area contributed by atoms with Gasteiger partial charge in [0.1, 0.15) is 5.82 Å². The minimum absolute atomic E-state index is 0.0413. The van der Waals surface area contributed by atoms with E-state index in [9.17, 15) is 9.59 Å². The second-order valence-electron chi connectivity index (χ2n) is 11.0. The zero-order valence-electron chi connectivity index (χ0n) is 23.5. The molecular formula is C32H33N7O2. The van der Waals surface area contributed by atoms with Crippen LogP contribution in [0.4, 0.5) is 22.9 Å². The van der Waals surface area contributed by atoms with E-state index in [1.165, 1.54) is 0 Å². The summed E-state index contributed by atoms with van der Waals surface area (Å²) < 4.78 is 1.73. The fourth-order valence-electron chi connectivity index (χ4n) is 4.11. The molecule has 2 heterocycles. The maximum atomic E-state index is 12.6. The molecule has 41 heavy (non-hydrogen) atoms. The Hall–Kier alpha value is -5.18. The number of para-hydroxylation sites is 2. The predicted octanol–water partition coefficient (Wildman–Crippen LogP) is 6.14. The number of nitrogens with zero attached hydrogens (tertiary/aromatic N) is 3. The number of carbonyl (C=O) groups excluding carboxylic acids is 2. The topological polar surface area (TPSA) is 126 Å². The van der Waals surface area contributed by atoms with E-state index in [0.717, 1.165) is 28.1 Å². The average molecular weight is 548 g/mol. The summed E-state index contributed by atoms with van der Waals surface area (Å²) in [5, 5.41) is 13.9. The summed E-state index contributed by atoms with van der Waals surface area (Å²) in [6, 6.07) is 24.2. The van der Waals surface area contributed by atoms with Crippen molar-refractivity contribution in [3.63, 3.8) is 0 Å². The number of anilines is 4. The highest BCUT2D eigenvalue weighted by Gasteiger charge is 2.22. The average Bonchev–Trinajstić information content (AvgIpc) is 3.37. The second-order valence-corrected chi connectivity index (χ2v) is 11.0. The van der Waals surface area contributed by atoms with Gasteiger partial charge in [-0.1, -0.05) is 57.2 Å². The molecule has 0 bridgehead atoms. The van der Waals surface area contributed by atoms with Crippen molar-refractivity contribution < 1.29 is 9.59 Å². The zero-order chi connectivity index (χ0) is 29.1. The molecule has 0 spiro atoms. The minimum Gasteiger partial charge on any atom is -0.397 e. The van der Waals surface area contributed by atoms with E-state index in [1.54, 1.807) is 28.8 Å². The van der Waals surface area contributed by atoms with E-state index < -0.39 is 5.41 Å². The van der Waals surface area contributed by atoms with E-state index >= 15 is 0 Å². The Bertz CT molecular complexity index is 1730. The Labute approximate surface area is 238 Å². The van der Waals surface area contributed by atoms with Crippen LogP contribution in [0.15, 0.2) is 85.1 Å². The molecule has 0 saturated heterocycles. The van der Waals surface area contributed by atoms with Gasteiger partial charge in [-0.15, -0.1) is 5.10 Å². The molecule has 0 atom stereocenters. The standard InChI is InChI=1S/C32H33N7O2/c1-20-9-12-23(17-26(20)37-31(41)32(2,3)4)27-19-39-29(35-27)16-15-28(38-39)34-18-21-10-13-22(14-11-21)30(40)36-25-8-6-5-7-24(25)33/h5-17,19H,18,33H2,1-4H3,(H,34,38)(H,36,40)(H,37,41). The minimum atomic E-state index is -0.493. The van der Waals surface area contributed by atoms with Crippen molar-refractivity contribution in [2.24, 2.45) is 5.41 Å². The molecule has 2 aromatic heterocycles. The number of nitrogen functional groups attached to an aromatic ring is 1. The van der Waals surface area contributed by atoms with Gasteiger partial charge in [-0.25, -0.2) is 9.50 Å². The van der Waals surface area contributed by atoms with E-state index in [1.807, 2.05) is 88.5 Å². The quantitative estimate of drug-likeness (QED) is 0.181. The van der Waals surface area contributed by atoms with Gasteiger partial charge in [-0.3, -0.25) is 9.59 Å². The fourth-order valence-corrected chi connectivity index (χ4v) is 4.11. The number of fused-ring (bicyclic) bond motifs is 1. The van der Waals surface area contributed by atoms with Crippen molar-refractivity contribution in [2.75, 3.05) is 21.7 Å². The van der Waals surface area contributed by atoms with E-state index in [2.05, 4.69) is 21.0 Å². The highest BCUT2D eigenvalue weighted by atomic mass is 16.2. The number of nitrogens with one attached hydrogen (secondary N) is 3. The van der Waals surface area contributed by atoms with Crippen LogP contribution in [-0.4, -0.2) is 26.4 Å². The number of aryl methyl sites for hydroxylation is 1. The number of rotatable bonds is 7. The van der Waals surface area contributed by atoms with Gasteiger partial charge in [0.05, 0.1) is 23.3 Å². The van der Waals surface area contributed by atoms with Gasteiger partial charge < -0.3 is 21.7 Å². The second kappa shape index (κ2) is 11.1. The summed E-state index contributed by atoms with van der Waals surface area (Å²) in [4.78, 5) is 29.8. The monoisotopic (exact) mass is 547 g/mol. The molecule has 0 unspecified atom stereocenters. The van der Waals surface area contributed by atoms with Gasteiger partial charge in [-0.05, 0) is 60.5 Å². The van der Waals surface area contributed by atoms with Crippen LogP contribution in [0.25, 0.3) is 16.9 Å². The van der Waals surface area contributed by atoms with E-state index in [-0.39, 0.29) is 11.8 Å². The van der Waals surface area contributed by atoms with Crippen molar-refractivity contribution in [1.82, 2.24) is 14.6 Å². The number of carbonyl (C=O) groups is 2. The molecule has 9 heteroatoms. The Morgan fingerprint density at radius 2 is 1.66 bits per heavy atom. The van der Waals surface area contributed by atoms with Crippen molar-refractivity contribution >= 4 is 40.3 Å². The molecule has 208 valence electrons. The lowest BCUT2D eigenvalue weighted by molar-refractivity contribution is -0.123. The number of imidazole rings is 1. The Balaban J connectivity index is 1.25. The van der Waals surface area contributed by atoms with Crippen LogP contribution in [0.5, 0.6) is 0 Å². The van der Waals surface area contributed by atoms with Crippen molar-refractivity contribution in [3.05, 3.63) is 102 Å². The predicted molar refractivity (Wildman–Crippen MR) is 164 cm³/mol. The molecule has 0 saturated carbocycles. The molecule has 0 radical (unpaired) electrons. The van der Waals surface area contributed by atoms with Crippen molar-refractivity contribution in [1.29, 1.82) is 0 Å². The fraction of sp³-hybridized carbons (Fsp3) is 0.188. The maximum Gasteiger partial charge on any atom is 0.255 e. The first kappa shape index (κ1) is 27.4. The molecule has 9 nitrogen and oxygen atoms in total. The van der Waals surface area contributed by atoms with Gasteiger partial charge >= 0.3 is 0 Å². The van der Waals surface area contributed by atoms with Gasteiger partial charge in [0.25, 0.3) is 5.91 Å². The van der Waals surface area contributed by atoms with Crippen molar-refractivity contribution in [2.45, 2.75) is 34.2 Å². The SMILES string of the molecule is Cc1ccc(-c2cn3nc(NCc4ccc(C(=O)Nc5ccccc5N)cc4)ccc3n2)cc1NC(=O)C(C)(C)C. The molecule has 2 amide bonds. The van der Waals surface area contributed by atoms with Crippen LogP contribution in [0.3, 0.4) is 0 Å². The molecule has 0 aliphatic heterocycles. The maximum absolute atomic E-state index is 12.6. The Morgan fingerprint density at radius 1 is 0.902 bits per heavy atom. The summed E-state index contributed by atoms with van der Waals surface area (Å²) in [6.45, 7) is 8.16. The lowest BCUT2D eigenvalue weighted by Crippen LogP contribution is -2.27. The third-order valence-corrected chi connectivity index (χ3v) is 6.68. The van der Waals surface area contributed by atoms with Gasteiger partial charge in [0.2, 0.25) is 5.91 Å². The summed E-state index contributed by atoms with van der Waals surface area (Å²) in [7, 11) is 0. The van der Waals surface area contributed by atoms with Crippen LogP contribution in [0.1, 0.15) is 42.3 Å². The summed E-state index contributed by atoms with van der Waals surface area (Å²) in [6.07, 6.45) is 1.87. The smallest absolute Gasteiger partial charge is 0.255 e. The number of aromatic nitrogens is 3. The third-order valence-electron chi connectivity index (χ3n) is 6.68. The summed E-state index contributed by atoms with van der Waals surface area (Å²) in [5.41, 5.74) is 12.2. The summed E-state index contributed by atoms with van der Waals surface area (Å²) in [5.74, 6) is 0.424. The normalized spacial score (nSPS) is 11.3. The number of benzene rings is 3. The molecule has 3 aromatic carbocycles. The third kappa shape index (κ3) is 6.36. The lowest BCUT2D eigenvalue weighted by Gasteiger charge is -2.19. The highest BCUT2D eigenvalue weighted by molar-refractivity contribution is 6.05. The summed E-state index contributed by atoms with van der Waals surface area (Å²) >= 11 is 0. The molecule has 0 aliphatic carbocycles. The molecule has 5 rings (SSSR count). The first-order valence-electron chi connectivity index (χ1n) is 13.3. The van der Waals surface area contributed by atoms with Crippen LogP contribution in [0, 0.1) is 12.3 Å². The van der Waals surface area contributed by atoms with Crippen LogP contribution in [-0.2, 0) is 11.3 Å². The number of nitrogens with two attached hydrogens (primary N) is 1. The number of amides is 2. The molecule has 0 fully saturated rings. The van der Waals surface area contributed by atoms with E-state index in [0.29, 0.717) is 34.9 Å². The number of hydrogen-bond acceptors (Lipinski definition) is 6. The number of hydrogen-bond donors (Lipinski definition) is 4. The van der Waals surface area contributed by atoms with Crippen LogP contribution >= 0.6 is 0 Å². The van der Waals surface area contributed by atoms with Crippen molar-refractivity contribution in [3.8, 4) is 11.3 Å². The Morgan fingerprint density at radius 3 is 2.39 bits per heavy atom. The highest BCUT2D eigenvalue weighted by Crippen LogP contribution is 2.27. The van der Waals surface area contributed by atoms with Gasteiger partial charge in [-0.2, -0.15) is 0 Å². The first-order valence-corrected chi connectivity index (χ1v) is 13.3. The molecule has 5 N–H and O–H groups in total. The van der Waals surface area contributed by atoms with Gasteiger partial charge in [0.15, 0.2) is 5.65 Å². The van der Waals surface area contributed by atoms with Crippen LogP contribution < -0.4 is 21.7 Å². The van der Waals surface area contributed by atoms with Gasteiger partial charge in [0, 0.05) is 28.8 Å². The zero-order valence-corrected chi connectivity index (χ0v) is 23.5. The first-order chi connectivity index (χ1) is 19.6. The molecular weight excluding hydrogens is 514 g/mol. The van der Waals surface area contributed by atoms with Crippen LogP contribution in [0.2, 0.25) is 0 Å². The Kier molecular flexibility index (Phi) is 7.43. The lowest BCUT2D eigenvalue weighted by atomic mass is 9.95.